The van der Waals surface area contributed by atoms with Crippen LogP contribution >= 0.6 is 0 Å². The maximum atomic E-state index is 12.2. The molecule has 0 N–H and O–H groups in total. The van der Waals surface area contributed by atoms with Gasteiger partial charge in [0.05, 0.1) is 13.4 Å². The Morgan fingerprint density at radius 1 is 1.42 bits per heavy atom. The molecule has 19 heavy (non-hydrogen) atoms. The van der Waals surface area contributed by atoms with E-state index in [0.29, 0.717) is 25.9 Å². The quantitative estimate of drug-likeness (QED) is 0.756. The number of aromatic nitrogens is 2. The Morgan fingerprint density at radius 2 is 2.26 bits per heavy atom. The lowest BCUT2D eigenvalue weighted by Crippen LogP contribution is -2.48. The van der Waals surface area contributed by atoms with Crippen LogP contribution in [0.2, 0.25) is 0 Å². The van der Waals surface area contributed by atoms with E-state index in [4.69, 9.17) is 4.74 Å². The molecule has 1 aliphatic heterocycles. The van der Waals surface area contributed by atoms with Crippen molar-refractivity contribution in [3.8, 4) is 0 Å². The second-order valence-electron chi connectivity index (χ2n) is 4.67. The van der Waals surface area contributed by atoms with Gasteiger partial charge in [0, 0.05) is 31.9 Å². The van der Waals surface area contributed by atoms with Gasteiger partial charge in [0.1, 0.15) is 6.04 Å². The van der Waals surface area contributed by atoms with E-state index in [0.717, 1.165) is 12.8 Å². The Hall–Kier alpha value is -1.85. The molecule has 1 aromatic rings. The Bertz CT molecular complexity index is 430. The van der Waals surface area contributed by atoms with Gasteiger partial charge in [-0.2, -0.15) is 0 Å². The molecule has 1 amide bonds. The SMILES string of the molecule is COC(=O)[C@H]1CCCCN1C(=O)CCn1ccnc1. The first-order valence-corrected chi connectivity index (χ1v) is 6.55. The van der Waals surface area contributed by atoms with Gasteiger partial charge in [0.2, 0.25) is 5.91 Å². The van der Waals surface area contributed by atoms with Crippen molar-refractivity contribution >= 4 is 11.9 Å². The minimum absolute atomic E-state index is 0.00352. The fourth-order valence-electron chi connectivity index (χ4n) is 2.40. The molecule has 1 aromatic heterocycles. The number of rotatable bonds is 4. The molecule has 6 nitrogen and oxygen atoms in total. The average Bonchev–Trinajstić information content (AvgIpc) is 2.97. The number of carbonyl (C=O) groups excluding carboxylic acids is 2. The highest BCUT2D eigenvalue weighted by molar-refractivity contribution is 5.84. The number of hydrogen-bond acceptors (Lipinski definition) is 4. The van der Waals surface area contributed by atoms with Crippen LogP contribution in [-0.2, 0) is 20.9 Å². The normalized spacial score (nSPS) is 19.2. The third kappa shape index (κ3) is 3.33. The van der Waals surface area contributed by atoms with Crippen molar-refractivity contribution in [2.24, 2.45) is 0 Å². The summed E-state index contributed by atoms with van der Waals surface area (Å²) < 4.78 is 6.63. The van der Waals surface area contributed by atoms with Gasteiger partial charge >= 0.3 is 5.97 Å². The number of likely N-dealkylation sites (tertiary alicyclic amines) is 1. The topological polar surface area (TPSA) is 64.4 Å². The highest BCUT2D eigenvalue weighted by Crippen LogP contribution is 2.19. The summed E-state index contributed by atoms with van der Waals surface area (Å²) in [5, 5.41) is 0. The number of amides is 1. The zero-order valence-electron chi connectivity index (χ0n) is 11.1. The molecule has 0 aliphatic carbocycles. The first-order chi connectivity index (χ1) is 9.22. The lowest BCUT2D eigenvalue weighted by atomic mass is 10.0. The van der Waals surface area contributed by atoms with Crippen molar-refractivity contribution in [3.63, 3.8) is 0 Å². The summed E-state index contributed by atoms with van der Waals surface area (Å²) in [5.74, 6) is -0.306. The molecule has 1 atom stereocenters. The number of piperidine rings is 1. The Kier molecular flexibility index (Phi) is 4.54. The van der Waals surface area contributed by atoms with E-state index in [1.54, 1.807) is 17.4 Å². The number of esters is 1. The van der Waals surface area contributed by atoms with Gasteiger partial charge in [-0.25, -0.2) is 9.78 Å². The maximum absolute atomic E-state index is 12.2. The largest absolute Gasteiger partial charge is 0.467 e. The van der Waals surface area contributed by atoms with Crippen LogP contribution in [0.3, 0.4) is 0 Å². The van der Waals surface area contributed by atoms with Gasteiger partial charge in [0.15, 0.2) is 0 Å². The van der Waals surface area contributed by atoms with Gasteiger partial charge in [-0.3, -0.25) is 4.79 Å². The van der Waals surface area contributed by atoms with Crippen LogP contribution in [0, 0.1) is 0 Å². The van der Waals surface area contributed by atoms with Crippen molar-refractivity contribution in [1.29, 1.82) is 0 Å². The fourth-order valence-corrected chi connectivity index (χ4v) is 2.40. The van der Waals surface area contributed by atoms with Crippen LogP contribution in [0.15, 0.2) is 18.7 Å². The summed E-state index contributed by atoms with van der Waals surface area (Å²) in [5.41, 5.74) is 0. The minimum Gasteiger partial charge on any atom is -0.467 e. The molecule has 0 bridgehead atoms. The molecule has 0 aromatic carbocycles. The van der Waals surface area contributed by atoms with Crippen molar-refractivity contribution < 1.29 is 14.3 Å². The Morgan fingerprint density at radius 3 is 2.95 bits per heavy atom. The van der Waals surface area contributed by atoms with E-state index < -0.39 is 6.04 Å². The number of imidazole rings is 1. The van der Waals surface area contributed by atoms with Crippen LogP contribution in [-0.4, -0.2) is 46.0 Å². The lowest BCUT2D eigenvalue weighted by Gasteiger charge is -2.33. The molecule has 0 radical (unpaired) electrons. The maximum Gasteiger partial charge on any atom is 0.328 e. The fraction of sp³-hybridized carbons (Fsp3) is 0.615. The molecule has 2 rings (SSSR count). The van der Waals surface area contributed by atoms with Crippen LogP contribution in [0.25, 0.3) is 0 Å². The van der Waals surface area contributed by atoms with Crippen LogP contribution in [0.5, 0.6) is 0 Å². The monoisotopic (exact) mass is 265 g/mol. The predicted octanol–water partition coefficient (Wildman–Crippen LogP) is 0.827. The van der Waals surface area contributed by atoms with Gasteiger partial charge in [-0.15, -0.1) is 0 Å². The standard InChI is InChI=1S/C13H19N3O3/c1-19-13(18)11-4-2-3-7-16(11)12(17)5-8-15-9-6-14-10-15/h6,9-11H,2-5,7-8H2,1H3/t11-/m1/s1. The third-order valence-electron chi connectivity index (χ3n) is 3.44. The van der Waals surface area contributed by atoms with Crippen LogP contribution in [0.4, 0.5) is 0 Å². The van der Waals surface area contributed by atoms with Gasteiger partial charge < -0.3 is 14.2 Å². The number of methoxy groups -OCH3 is 1. The first-order valence-electron chi connectivity index (χ1n) is 6.55. The first kappa shape index (κ1) is 13.6. The third-order valence-corrected chi connectivity index (χ3v) is 3.44. The minimum atomic E-state index is -0.408. The molecule has 1 aliphatic rings. The number of hydrogen-bond donors (Lipinski definition) is 0. The summed E-state index contributed by atoms with van der Waals surface area (Å²) in [4.78, 5) is 29.5. The molecular formula is C13H19N3O3. The molecule has 0 unspecified atom stereocenters. The highest BCUT2D eigenvalue weighted by Gasteiger charge is 2.32. The molecule has 104 valence electrons. The number of nitrogens with zero attached hydrogens (tertiary/aromatic N) is 3. The molecule has 0 saturated carbocycles. The van der Waals surface area contributed by atoms with Crippen molar-refractivity contribution in [1.82, 2.24) is 14.5 Å². The van der Waals surface area contributed by atoms with Crippen molar-refractivity contribution in [2.45, 2.75) is 38.3 Å². The molecule has 6 heteroatoms. The lowest BCUT2D eigenvalue weighted by molar-refractivity contribution is -0.154. The van der Waals surface area contributed by atoms with E-state index in [1.807, 2.05) is 10.8 Å². The number of aryl methyl sites for hydroxylation is 1. The van der Waals surface area contributed by atoms with Gasteiger partial charge in [-0.1, -0.05) is 0 Å². The van der Waals surface area contributed by atoms with E-state index in [9.17, 15) is 9.59 Å². The predicted molar refractivity (Wildman–Crippen MR) is 68.2 cm³/mol. The van der Waals surface area contributed by atoms with E-state index in [2.05, 4.69) is 4.98 Å². The van der Waals surface area contributed by atoms with Gasteiger partial charge in [0.25, 0.3) is 0 Å². The highest BCUT2D eigenvalue weighted by atomic mass is 16.5. The zero-order valence-corrected chi connectivity index (χ0v) is 11.1. The average molecular weight is 265 g/mol. The van der Waals surface area contributed by atoms with E-state index >= 15 is 0 Å². The summed E-state index contributed by atoms with van der Waals surface area (Å²) in [6.45, 7) is 1.23. The Balaban J connectivity index is 1.93. The van der Waals surface area contributed by atoms with Crippen molar-refractivity contribution in [2.75, 3.05) is 13.7 Å². The molecule has 1 saturated heterocycles. The second-order valence-corrected chi connectivity index (χ2v) is 4.67. The van der Waals surface area contributed by atoms with Gasteiger partial charge in [-0.05, 0) is 19.3 Å². The summed E-state index contributed by atoms with van der Waals surface area (Å²) in [6.07, 6.45) is 8.17. The van der Waals surface area contributed by atoms with Crippen LogP contribution in [0.1, 0.15) is 25.7 Å². The van der Waals surface area contributed by atoms with E-state index in [-0.39, 0.29) is 11.9 Å². The molecule has 0 spiro atoms. The molecule has 2 heterocycles. The number of ether oxygens (including phenoxy) is 1. The van der Waals surface area contributed by atoms with Crippen molar-refractivity contribution in [3.05, 3.63) is 18.7 Å². The molecular weight excluding hydrogens is 246 g/mol. The molecule has 1 fully saturated rings. The summed E-state index contributed by atoms with van der Waals surface area (Å²) in [6, 6.07) is -0.408. The summed E-state index contributed by atoms with van der Waals surface area (Å²) >= 11 is 0. The van der Waals surface area contributed by atoms with Crippen LogP contribution < -0.4 is 0 Å². The summed E-state index contributed by atoms with van der Waals surface area (Å²) in [7, 11) is 1.37. The second kappa shape index (κ2) is 6.36. The van der Waals surface area contributed by atoms with E-state index in [1.165, 1.54) is 7.11 Å². The number of carbonyl (C=O) groups is 2. The zero-order chi connectivity index (χ0) is 13.7. The smallest absolute Gasteiger partial charge is 0.328 e. The Labute approximate surface area is 112 Å².